The molecular formula is C21H19ClF3NO5. The number of halogens is 4. The number of alkyl halides is 3. The highest BCUT2D eigenvalue weighted by Crippen LogP contribution is 2.38. The van der Waals surface area contributed by atoms with Crippen LogP contribution in [0.4, 0.5) is 13.2 Å². The number of fused-ring (bicyclic) bond motifs is 1. The fourth-order valence-electron chi connectivity index (χ4n) is 3.62. The van der Waals surface area contributed by atoms with E-state index in [-0.39, 0.29) is 18.3 Å². The highest BCUT2D eigenvalue weighted by Gasteiger charge is 2.55. The topological polar surface area (TPSA) is 66.9 Å². The van der Waals surface area contributed by atoms with Crippen LogP contribution in [0.15, 0.2) is 42.5 Å². The van der Waals surface area contributed by atoms with Crippen molar-refractivity contribution in [1.29, 1.82) is 0 Å². The summed E-state index contributed by atoms with van der Waals surface area (Å²) in [5, 5.41) is 0.489. The number of benzene rings is 1. The van der Waals surface area contributed by atoms with Gasteiger partial charge in [-0.1, -0.05) is 17.7 Å². The summed E-state index contributed by atoms with van der Waals surface area (Å²) >= 11 is 5.88. The molecule has 0 saturated carbocycles. The van der Waals surface area contributed by atoms with Gasteiger partial charge in [0.1, 0.15) is 24.0 Å². The Morgan fingerprint density at radius 2 is 1.81 bits per heavy atom. The third kappa shape index (κ3) is 4.69. The minimum absolute atomic E-state index is 0.0947. The van der Waals surface area contributed by atoms with Gasteiger partial charge in [-0.15, -0.1) is 0 Å². The lowest BCUT2D eigenvalue weighted by Crippen LogP contribution is -2.56. The van der Waals surface area contributed by atoms with Gasteiger partial charge >= 0.3 is 6.18 Å². The highest BCUT2D eigenvalue weighted by atomic mass is 35.5. The van der Waals surface area contributed by atoms with Crippen molar-refractivity contribution in [2.75, 3.05) is 6.61 Å². The Morgan fingerprint density at radius 1 is 1.13 bits per heavy atom. The molecule has 0 N–H and O–H groups in total. The van der Waals surface area contributed by atoms with Gasteiger partial charge in [0, 0.05) is 16.7 Å². The van der Waals surface area contributed by atoms with E-state index in [0.29, 0.717) is 10.6 Å². The van der Waals surface area contributed by atoms with E-state index in [1.165, 1.54) is 12.1 Å². The van der Waals surface area contributed by atoms with Crippen molar-refractivity contribution in [3.05, 3.63) is 58.7 Å². The van der Waals surface area contributed by atoms with Crippen LogP contribution in [0.3, 0.4) is 0 Å². The summed E-state index contributed by atoms with van der Waals surface area (Å²) in [6.07, 6.45) is -7.96. The normalized spacial score (nSPS) is 27.5. The fourth-order valence-corrected chi connectivity index (χ4v) is 3.75. The van der Waals surface area contributed by atoms with Crippen molar-refractivity contribution < 1.29 is 36.9 Å². The van der Waals surface area contributed by atoms with E-state index in [0.717, 1.165) is 6.07 Å². The van der Waals surface area contributed by atoms with Gasteiger partial charge in [0.05, 0.1) is 6.61 Å². The predicted octanol–water partition coefficient (Wildman–Crippen LogP) is 4.30. The third-order valence-corrected chi connectivity index (χ3v) is 5.19. The lowest BCUT2D eigenvalue weighted by molar-refractivity contribution is -0.151. The molecule has 0 amide bonds. The molecule has 0 aliphatic carbocycles. The van der Waals surface area contributed by atoms with Crippen LogP contribution in [0.5, 0.6) is 5.88 Å². The van der Waals surface area contributed by atoms with Gasteiger partial charge in [0.25, 0.3) is 0 Å². The first-order valence-electron chi connectivity index (χ1n) is 9.51. The number of nitrogens with zero attached hydrogens (tertiary/aromatic N) is 1. The first-order valence-corrected chi connectivity index (χ1v) is 9.89. The molecule has 0 radical (unpaired) electrons. The number of ketones is 1. The number of hydrogen-bond donors (Lipinski definition) is 0. The van der Waals surface area contributed by atoms with Crippen LogP contribution < -0.4 is 4.74 Å². The highest BCUT2D eigenvalue weighted by molar-refractivity contribution is 6.30. The SMILES string of the molecule is CC1(C)O[C@@H]2[C@H](O1)[C@@H](Oc1cccc(C(F)(F)F)n1)CO[C@@H]2C(=O)c1ccc(Cl)cc1. The summed E-state index contributed by atoms with van der Waals surface area (Å²) in [5.74, 6) is -1.58. The molecule has 1 aromatic carbocycles. The number of rotatable bonds is 4. The van der Waals surface area contributed by atoms with Crippen molar-refractivity contribution in [3.63, 3.8) is 0 Å². The summed E-state index contributed by atoms with van der Waals surface area (Å²) in [6.45, 7) is 3.26. The lowest BCUT2D eigenvalue weighted by atomic mass is 9.94. The van der Waals surface area contributed by atoms with Gasteiger partial charge in [-0.3, -0.25) is 4.79 Å². The monoisotopic (exact) mass is 457 g/mol. The average Bonchev–Trinajstić information content (AvgIpc) is 3.03. The Hall–Kier alpha value is -2.20. The standard InChI is InChI=1S/C21H19ClF3NO5/c1-20(2)30-17-13(29-15-5-3-4-14(26-15)21(23,24)25)10-28-18(19(17)31-20)16(27)11-6-8-12(22)9-7-11/h3-9,13,17-19H,10H2,1-2H3/t13-,17+,18+,19+/m0/s1. The minimum atomic E-state index is -4.60. The van der Waals surface area contributed by atoms with Crippen molar-refractivity contribution >= 4 is 17.4 Å². The van der Waals surface area contributed by atoms with Crippen molar-refractivity contribution in [3.8, 4) is 5.88 Å². The molecule has 166 valence electrons. The molecule has 4 atom stereocenters. The number of pyridine rings is 1. The van der Waals surface area contributed by atoms with Gasteiger partial charge < -0.3 is 18.9 Å². The van der Waals surface area contributed by atoms with Crippen LogP contribution in [-0.2, 0) is 20.4 Å². The second-order valence-corrected chi connectivity index (χ2v) is 8.14. The van der Waals surface area contributed by atoms with Crippen LogP contribution in [0.1, 0.15) is 29.9 Å². The summed E-state index contributed by atoms with van der Waals surface area (Å²) in [6, 6.07) is 9.72. The Labute approximate surface area is 181 Å². The van der Waals surface area contributed by atoms with E-state index in [1.807, 2.05) is 0 Å². The van der Waals surface area contributed by atoms with E-state index in [2.05, 4.69) is 4.98 Å². The van der Waals surface area contributed by atoms with Crippen molar-refractivity contribution in [1.82, 2.24) is 4.98 Å². The maximum absolute atomic E-state index is 13.0. The van der Waals surface area contributed by atoms with Crippen LogP contribution in [0.2, 0.25) is 5.02 Å². The third-order valence-electron chi connectivity index (χ3n) is 4.94. The molecule has 2 aliphatic heterocycles. The predicted molar refractivity (Wildman–Crippen MR) is 103 cm³/mol. The van der Waals surface area contributed by atoms with E-state index in [9.17, 15) is 18.0 Å². The lowest BCUT2D eigenvalue weighted by Gasteiger charge is -2.36. The van der Waals surface area contributed by atoms with Gasteiger partial charge in [0.2, 0.25) is 5.88 Å². The first-order chi connectivity index (χ1) is 14.5. The molecule has 2 aliphatic rings. The van der Waals surface area contributed by atoms with Crippen LogP contribution in [0, 0.1) is 0 Å². The molecule has 2 saturated heterocycles. The molecule has 4 rings (SSSR count). The van der Waals surface area contributed by atoms with Crippen LogP contribution in [-0.4, -0.2) is 47.6 Å². The van der Waals surface area contributed by atoms with E-state index < -0.39 is 42.1 Å². The van der Waals surface area contributed by atoms with Gasteiger partial charge in [-0.2, -0.15) is 13.2 Å². The number of hydrogen-bond acceptors (Lipinski definition) is 6. The van der Waals surface area contributed by atoms with E-state index in [1.54, 1.807) is 38.1 Å². The molecule has 0 spiro atoms. The average molecular weight is 458 g/mol. The molecule has 2 aromatic rings. The zero-order valence-electron chi connectivity index (χ0n) is 16.6. The molecule has 6 nitrogen and oxygen atoms in total. The molecule has 2 fully saturated rings. The minimum Gasteiger partial charge on any atom is -0.469 e. The summed E-state index contributed by atoms with van der Waals surface area (Å²) in [5.41, 5.74) is -0.682. The quantitative estimate of drug-likeness (QED) is 0.638. The molecular weight excluding hydrogens is 439 g/mol. The zero-order valence-corrected chi connectivity index (χ0v) is 17.3. The number of aromatic nitrogens is 1. The van der Waals surface area contributed by atoms with E-state index in [4.69, 9.17) is 30.5 Å². The largest absolute Gasteiger partial charge is 0.469 e. The molecule has 0 unspecified atom stereocenters. The molecule has 3 heterocycles. The molecule has 31 heavy (non-hydrogen) atoms. The van der Waals surface area contributed by atoms with Crippen molar-refractivity contribution in [2.45, 2.75) is 50.2 Å². The Kier molecular flexibility index (Phi) is 5.72. The number of carbonyl (C=O) groups excluding carboxylic acids is 1. The number of carbonyl (C=O) groups is 1. The molecule has 10 heteroatoms. The zero-order chi connectivity index (χ0) is 22.4. The van der Waals surface area contributed by atoms with Crippen LogP contribution >= 0.6 is 11.6 Å². The van der Waals surface area contributed by atoms with E-state index >= 15 is 0 Å². The Bertz CT molecular complexity index is 966. The maximum atomic E-state index is 13.0. The summed E-state index contributed by atoms with van der Waals surface area (Å²) < 4.78 is 62.1. The second-order valence-electron chi connectivity index (χ2n) is 7.70. The van der Waals surface area contributed by atoms with Gasteiger partial charge in [-0.25, -0.2) is 4.98 Å². The maximum Gasteiger partial charge on any atom is 0.433 e. The van der Waals surface area contributed by atoms with Crippen LogP contribution in [0.25, 0.3) is 0 Å². The smallest absolute Gasteiger partial charge is 0.433 e. The Morgan fingerprint density at radius 3 is 2.48 bits per heavy atom. The van der Waals surface area contributed by atoms with Gasteiger partial charge in [-0.05, 0) is 44.2 Å². The summed E-state index contributed by atoms with van der Waals surface area (Å²) in [4.78, 5) is 16.5. The van der Waals surface area contributed by atoms with Crippen molar-refractivity contribution in [2.24, 2.45) is 0 Å². The molecule has 0 bridgehead atoms. The second kappa shape index (κ2) is 8.05. The first kappa shape index (κ1) is 22.0. The number of ether oxygens (including phenoxy) is 4. The number of Topliss-reactive ketones (excluding diaryl/α,β-unsaturated/α-hetero) is 1. The summed E-state index contributed by atoms with van der Waals surface area (Å²) in [7, 11) is 0. The van der Waals surface area contributed by atoms with Gasteiger partial charge in [0.15, 0.2) is 17.7 Å². The fraction of sp³-hybridized carbons (Fsp3) is 0.429. The Balaban J connectivity index is 1.56. The molecule has 1 aromatic heterocycles.